The number of alkyl halides is 1. The van der Waals surface area contributed by atoms with Crippen molar-refractivity contribution in [1.82, 2.24) is 0 Å². The minimum absolute atomic E-state index is 0.139. The quantitative estimate of drug-likeness (QED) is 0.687. The van der Waals surface area contributed by atoms with E-state index in [0.29, 0.717) is 5.33 Å². The second kappa shape index (κ2) is 6.41. The van der Waals surface area contributed by atoms with Gasteiger partial charge in [-0.1, -0.05) is 57.5 Å². The van der Waals surface area contributed by atoms with Crippen molar-refractivity contribution in [3.8, 4) is 0 Å². The van der Waals surface area contributed by atoms with Gasteiger partial charge in [0.1, 0.15) is 11.6 Å². The summed E-state index contributed by atoms with van der Waals surface area (Å²) in [6, 6.07) is 0. The molecule has 15 heavy (non-hydrogen) atoms. The Hall–Kier alpha value is -0.180. The van der Waals surface area contributed by atoms with Crippen LogP contribution in [0.25, 0.3) is 0 Å². The summed E-state index contributed by atoms with van der Waals surface area (Å²) in [4.78, 5) is 21.3. The highest BCUT2D eigenvalue weighted by molar-refractivity contribution is 9.09. The fourth-order valence-electron chi connectivity index (χ4n) is 0.200. The molecule has 0 N–H and O–H groups in total. The number of halogens is 1. The standard InChI is InChI=1S/C6H11BrO.C6H12O/c1-6(2,3)5(8)4-7;1-5(7)6(2,3)4/h4H2,1-3H3;1-4H3. The molecule has 90 valence electrons. The molecule has 0 saturated carbocycles. The number of carbonyl (C=O) groups excluding carboxylic acids is 2. The van der Waals surface area contributed by atoms with Gasteiger partial charge in [-0.2, -0.15) is 0 Å². The lowest BCUT2D eigenvalue weighted by atomic mass is 9.92. The molecule has 3 heteroatoms. The summed E-state index contributed by atoms with van der Waals surface area (Å²) < 4.78 is 0. The monoisotopic (exact) mass is 278 g/mol. The van der Waals surface area contributed by atoms with E-state index in [2.05, 4.69) is 15.9 Å². The van der Waals surface area contributed by atoms with Crippen LogP contribution in [0, 0.1) is 10.8 Å². The van der Waals surface area contributed by atoms with Crippen LogP contribution in [0.4, 0.5) is 0 Å². The van der Waals surface area contributed by atoms with Crippen LogP contribution in [0.15, 0.2) is 0 Å². The maximum atomic E-state index is 10.8. The van der Waals surface area contributed by atoms with E-state index in [-0.39, 0.29) is 22.4 Å². The van der Waals surface area contributed by atoms with Gasteiger partial charge in [-0.15, -0.1) is 0 Å². The van der Waals surface area contributed by atoms with Gasteiger partial charge >= 0.3 is 0 Å². The minimum atomic E-state index is -0.177. The first kappa shape index (κ1) is 17.2. The van der Waals surface area contributed by atoms with Gasteiger partial charge in [0.2, 0.25) is 0 Å². The van der Waals surface area contributed by atoms with Crippen LogP contribution in [0.1, 0.15) is 48.5 Å². The average Bonchev–Trinajstić information content (AvgIpc) is 2.00. The Balaban J connectivity index is 0. The van der Waals surface area contributed by atoms with E-state index in [0.717, 1.165) is 0 Å². The first-order valence-electron chi connectivity index (χ1n) is 5.03. The normalized spacial score (nSPS) is 11.5. The topological polar surface area (TPSA) is 34.1 Å². The summed E-state index contributed by atoms with van der Waals surface area (Å²) in [6.07, 6.45) is 0. The first-order valence-corrected chi connectivity index (χ1v) is 6.15. The zero-order valence-corrected chi connectivity index (χ0v) is 12.5. The number of hydrogen-bond acceptors (Lipinski definition) is 2. The van der Waals surface area contributed by atoms with Crippen LogP contribution < -0.4 is 0 Å². The van der Waals surface area contributed by atoms with Gasteiger partial charge in [0.05, 0.1) is 5.33 Å². The molecule has 0 aliphatic carbocycles. The third-order valence-corrected chi connectivity index (χ3v) is 2.52. The SMILES string of the molecule is CC(=O)C(C)(C)C.CC(C)(C)C(=O)CBr. The molecular weight excluding hydrogens is 256 g/mol. The van der Waals surface area contributed by atoms with E-state index in [1.807, 2.05) is 41.5 Å². The summed E-state index contributed by atoms with van der Waals surface area (Å²) >= 11 is 3.10. The predicted molar refractivity (Wildman–Crippen MR) is 68.4 cm³/mol. The molecule has 0 radical (unpaired) electrons. The van der Waals surface area contributed by atoms with Gasteiger partial charge in [0, 0.05) is 10.8 Å². The minimum Gasteiger partial charge on any atom is -0.299 e. The summed E-state index contributed by atoms with van der Waals surface area (Å²) in [5.74, 6) is 0.491. The lowest BCUT2D eigenvalue weighted by molar-refractivity contribution is -0.124. The van der Waals surface area contributed by atoms with Gasteiger partial charge in [0.25, 0.3) is 0 Å². The van der Waals surface area contributed by atoms with E-state index in [4.69, 9.17) is 0 Å². The molecule has 0 aromatic heterocycles. The number of rotatable bonds is 1. The Kier molecular flexibility index (Phi) is 7.36. The van der Waals surface area contributed by atoms with Crippen molar-refractivity contribution in [2.24, 2.45) is 10.8 Å². The highest BCUT2D eigenvalue weighted by Crippen LogP contribution is 2.15. The zero-order valence-electron chi connectivity index (χ0n) is 10.9. The van der Waals surface area contributed by atoms with Gasteiger partial charge in [0.15, 0.2) is 0 Å². The molecule has 0 heterocycles. The largest absolute Gasteiger partial charge is 0.299 e. The van der Waals surface area contributed by atoms with Crippen molar-refractivity contribution in [1.29, 1.82) is 0 Å². The maximum Gasteiger partial charge on any atom is 0.148 e. The van der Waals surface area contributed by atoms with E-state index >= 15 is 0 Å². The smallest absolute Gasteiger partial charge is 0.148 e. The summed E-state index contributed by atoms with van der Waals surface area (Å²) in [6.45, 7) is 13.1. The Morgan fingerprint density at radius 3 is 1.20 bits per heavy atom. The molecule has 0 aliphatic rings. The van der Waals surface area contributed by atoms with Crippen LogP contribution in [0.2, 0.25) is 0 Å². The Bertz CT molecular complexity index is 219. The zero-order chi connectivity index (χ0) is 12.9. The lowest BCUT2D eigenvalue weighted by Gasteiger charge is -2.13. The molecule has 2 nitrogen and oxygen atoms in total. The predicted octanol–water partition coefficient (Wildman–Crippen LogP) is 3.62. The molecular formula is C12H23BrO2. The van der Waals surface area contributed by atoms with Crippen LogP contribution in [0.5, 0.6) is 0 Å². The van der Waals surface area contributed by atoms with Crippen LogP contribution in [-0.4, -0.2) is 16.9 Å². The van der Waals surface area contributed by atoms with Gasteiger partial charge in [-0.3, -0.25) is 9.59 Å². The second-order valence-electron chi connectivity index (χ2n) is 5.61. The van der Waals surface area contributed by atoms with Gasteiger partial charge in [-0.25, -0.2) is 0 Å². The molecule has 0 fully saturated rings. The molecule has 0 atom stereocenters. The second-order valence-corrected chi connectivity index (χ2v) is 6.17. The van der Waals surface area contributed by atoms with E-state index in [1.54, 1.807) is 6.92 Å². The van der Waals surface area contributed by atoms with E-state index < -0.39 is 0 Å². The fourth-order valence-corrected chi connectivity index (χ4v) is 1.04. The fraction of sp³-hybridized carbons (Fsp3) is 0.833. The number of ketones is 2. The van der Waals surface area contributed by atoms with Crippen LogP contribution >= 0.6 is 15.9 Å². The van der Waals surface area contributed by atoms with Crippen molar-refractivity contribution in [2.45, 2.75) is 48.5 Å². The molecule has 0 spiro atoms. The Morgan fingerprint density at radius 2 is 1.20 bits per heavy atom. The molecule has 0 amide bonds. The van der Waals surface area contributed by atoms with E-state index in [9.17, 15) is 9.59 Å². The Morgan fingerprint density at radius 1 is 0.933 bits per heavy atom. The third kappa shape index (κ3) is 10.1. The summed E-state index contributed by atoms with van der Waals surface area (Å²) in [7, 11) is 0. The number of carbonyl (C=O) groups is 2. The van der Waals surface area contributed by atoms with Crippen molar-refractivity contribution in [3.63, 3.8) is 0 Å². The molecule has 0 aromatic carbocycles. The van der Waals surface area contributed by atoms with Crippen LogP contribution in [-0.2, 0) is 9.59 Å². The van der Waals surface area contributed by atoms with Crippen molar-refractivity contribution in [2.75, 3.05) is 5.33 Å². The molecule has 0 saturated heterocycles. The van der Waals surface area contributed by atoms with Crippen LogP contribution in [0.3, 0.4) is 0 Å². The molecule has 0 unspecified atom stereocenters. The third-order valence-electron chi connectivity index (χ3n) is 2.01. The van der Waals surface area contributed by atoms with Gasteiger partial charge in [-0.05, 0) is 6.92 Å². The molecule has 0 aliphatic heterocycles. The molecule has 0 bridgehead atoms. The molecule has 0 rings (SSSR count). The lowest BCUT2D eigenvalue weighted by Crippen LogP contribution is -2.20. The average molecular weight is 279 g/mol. The summed E-state index contributed by atoms with van der Waals surface area (Å²) in [5.41, 5.74) is -0.316. The highest BCUT2D eigenvalue weighted by Gasteiger charge is 2.18. The first-order chi connectivity index (χ1) is 6.42. The molecule has 0 aromatic rings. The maximum absolute atomic E-state index is 10.8. The van der Waals surface area contributed by atoms with Crippen molar-refractivity contribution in [3.05, 3.63) is 0 Å². The Labute approximate surface area is 102 Å². The summed E-state index contributed by atoms with van der Waals surface area (Å²) in [5, 5.41) is 0.469. The number of Topliss-reactive ketones (excluding diaryl/α,β-unsaturated/α-hetero) is 2. The van der Waals surface area contributed by atoms with E-state index in [1.165, 1.54) is 0 Å². The van der Waals surface area contributed by atoms with Gasteiger partial charge < -0.3 is 0 Å². The van der Waals surface area contributed by atoms with Crippen molar-refractivity contribution >= 4 is 27.5 Å². The number of hydrogen-bond donors (Lipinski definition) is 0. The highest BCUT2D eigenvalue weighted by atomic mass is 79.9. The van der Waals surface area contributed by atoms with Crippen molar-refractivity contribution < 1.29 is 9.59 Å².